The lowest BCUT2D eigenvalue weighted by Crippen LogP contribution is -2.56. The minimum atomic E-state index is -6.24. The van der Waals surface area contributed by atoms with Crippen LogP contribution < -0.4 is 0 Å². The number of alkyl halides is 6. The number of ether oxygens (including phenoxy) is 1. The number of benzene rings is 3. The highest BCUT2D eigenvalue weighted by Gasteiger charge is 2.73. The van der Waals surface area contributed by atoms with Crippen molar-refractivity contribution in [1.82, 2.24) is 9.80 Å². The van der Waals surface area contributed by atoms with E-state index in [0.29, 0.717) is 30.7 Å². The average molecular weight is 720 g/mol. The lowest BCUT2D eigenvalue weighted by atomic mass is 9.88. The molecule has 7 nitrogen and oxygen atoms in total. The largest absolute Gasteiger partial charge is 0.430 e. The first-order valence-electron chi connectivity index (χ1n) is 14.6. The number of nitriles is 1. The van der Waals surface area contributed by atoms with Crippen molar-refractivity contribution in [3.8, 4) is 6.07 Å². The molecule has 0 unspecified atom stereocenters. The first-order chi connectivity index (χ1) is 22.9. The molecular formula is C32H26F9N3O4S. The lowest BCUT2D eigenvalue weighted by Gasteiger charge is -2.38. The maximum atomic E-state index is 14.5. The highest BCUT2D eigenvalue weighted by Crippen LogP contribution is 2.54. The van der Waals surface area contributed by atoms with Gasteiger partial charge in [-0.2, -0.15) is 31.6 Å². The monoisotopic (exact) mass is 719 g/mol. The van der Waals surface area contributed by atoms with Crippen molar-refractivity contribution < 1.29 is 57.5 Å². The molecule has 17 heteroatoms. The summed E-state index contributed by atoms with van der Waals surface area (Å²) in [6.45, 7) is -2.27. The fourth-order valence-electron chi connectivity index (χ4n) is 6.23. The number of urea groups is 1. The Balaban J connectivity index is 1.59. The zero-order valence-electron chi connectivity index (χ0n) is 25.2. The smallest absolute Gasteiger partial charge is 0.349 e. The standard InChI is InChI=1S/C32H26F9N3O4S/c33-23-8-10-24(11-9-23)49(46,47)29(13-15-44(19-29)28(45)43-14-12-20(16-42)17-43)21-4-6-22(7-5-21)30(31(36,37)38,32(39,40)41)48-18-25-26(34)2-1-3-27(25)35/h1-11,20H,12-15,17-19H2/t20-,29-/m0/s1. The third-order valence-corrected chi connectivity index (χ3v) is 11.4. The Hall–Kier alpha value is -4.30. The van der Waals surface area contributed by atoms with Gasteiger partial charge in [0.2, 0.25) is 0 Å². The summed E-state index contributed by atoms with van der Waals surface area (Å²) in [5.74, 6) is -4.13. The van der Waals surface area contributed by atoms with Crippen molar-refractivity contribution in [1.29, 1.82) is 5.26 Å². The minimum Gasteiger partial charge on any atom is -0.349 e. The van der Waals surface area contributed by atoms with E-state index >= 15 is 0 Å². The molecule has 5 rings (SSSR count). The van der Waals surface area contributed by atoms with Crippen LogP contribution in [0.5, 0.6) is 0 Å². The van der Waals surface area contributed by atoms with Crippen LogP contribution in [0.1, 0.15) is 29.5 Å². The average Bonchev–Trinajstić information content (AvgIpc) is 3.71. The van der Waals surface area contributed by atoms with Gasteiger partial charge in [-0.25, -0.2) is 26.4 Å². The second-order valence-corrected chi connectivity index (χ2v) is 14.0. The van der Waals surface area contributed by atoms with Gasteiger partial charge in [0.15, 0.2) is 9.84 Å². The molecule has 2 aliphatic rings. The van der Waals surface area contributed by atoms with E-state index < -0.39 is 91.1 Å². The first kappa shape index (κ1) is 36.0. The summed E-state index contributed by atoms with van der Waals surface area (Å²) in [6.07, 6.45) is -12.4. The lowest BCUT2D eigenvalue weighted by molar-refractivity contribution is -0.392. The summed E-state index contributed by atoms with van der Waals surface area (Å²) in [4.78, 5) is 15.4. The van der Waals surface area contributed by atoms with Crippen LogP contribution in [0.2, 0.25) is 0 Å². The molecule has 2 heterocycles. The second kappa shape index (κ2) is 12.9. The van der Waals surface area contributed by atoms with Gasteiger partial charge >= 0.3 is 18.4 Å². The normalized spacial score (nSPS) is 20.4. The molecule has 2 amide bonds. The summed E-state index contributed by atoms with van der Waals surface area (Å²) >= 11 is 0. The molecule has 2 aliphatic heterocycles. The van der Waals surface area contributed by atoms with E-state index in [1.165, 1.54) is 4.90 Å². The first-order valence-corrected chi connectivity index (χ1v) is 16.1. The molecule has 3 aromatic carbocycles. The summed E-state index contributed by atoms with van der Waals surface area (Å²) < 4.78 is 160. The molecule has 0 aliphatic carbocycles. The number of hydrogen-bond acceptors (Lipinski definition) is 5. The van der Waals surface area contributed by atoms with Crippen molar-refractivity contribution in [2.45, 2.75) is 47.0 Å². The van der Waals surface area contributed by atoms with Crippen molar-refractivity contribution in [2.75, 3.05) is 26.2 Å². The molecule has 0 radical (unpaired) electrons. The molecular weight excluding hydrogens is 693 g/mol. The van der Waals surface area contributed by atoms with Gasteiger partial charge in [0, 0.05) is 37.3 Å². The summed E-state index contributed by atoms with van der Waals surface area (Å²) in [5, 5.41) is 9.22. The van der Waals surface area contributed by atoms with Gasteiger partial charge in [0.05, 0.1) is 23.5 Å². The maximum absolute atomic E-state index is 14.5. The molecule has 0 N–H and O–H groups in total. The molecule has 0 spiro atoms. The van der Waals surface area contributed by atoms with Crippen LogP contribution in [0.25, 0.3) is 0 Å². The number of nitrogens with zero attached hydrogens (tertiary/aromatic N) is 3. The SMILES string of the molecule is N#C[C@@H]1CCN(C(=O)N2CC[C@](c3ccc(C(OCc4c(F)cccc4F)(C(F)(F)F)C(F)(F)F)cc3)(S(=O)(=O)c3ccc(F)cc3)C2)C1. The zero-order chi connectivity index (χ0) is 36.0. The molecule has 3 aromatic rings. The molecule has 49 heavy (non-hydrogen) atoms. The summed E-state index contributed by atoms with van der Waals surface area (Å²) in [7, 11) is -4.63. The van der Waals surface area contributed by atoms with Crippen molar-refractivity contribution >= 4 is 15.9 Å². The van der Waals surface area contributed by atoms with Crippen LogP contribution in [0.3, 0.4) is 0 Å². The van der Waals surface area contributed by atoms with Crippen LogP contribution in [0.15, 0.2) is 71.6 Å². The highest BCUT2D eigenvalue weighted by atomic mass is 32.2. The quantitative estimate of drug-likeness (QED) is 0.194. The van der Waals surface area contributed by atoms with E-state index in [-0.39, 0.29) is 31.6 Å². The number of amides is 2. The van der Waals surface area contributed by atoms with Gasteiger partial charge in [-0.05, 0) is 54.8 Å². The van der Waals surface area contributed by atoms with Crippen molar-refractivity contribution in [2.24, 2.45) is 5.92 Å². The van der Waals surface area contributed by atoms with E-state index in [2.05, 4.69) is 4.74 Å². The van der Waals surface area contributed by atoms with Crippen molar-refractivity contribution in [3.63, 3.8) is 0 Å². The molecule has 0 bridgehead atoms. The van der Waals surface area contributed by atoms with Crippen LogP contribution in [-0.2, 0) is 31.5 Å². The van der Waals surface area contributed by atoms with E-state index in [4.69, 9.17) is 0 Å². The molecule has 0 aromatic heterocycles. The van der Waals surface area contributed by atoms with Gasteiger partial charge in [-0.1, -0.05) is 30.3 Å². The fraction of sp³-hybridized carbons (Fsp3) is 0.375. The minimum absolute atomic E-state index is 0.0754. The third-order valence-electron chi connectivity index (χ3n) is 8.89. The van der Waals surface area contributed by atoms with E-state index in [9.17, 15) is 58.0 Å². The number of sulfone groups is 1. The molecule has 0 saturated carbocycles. The Labute approximate surface area is 274 Å². The number of rotatable bonds is 7. The van der Waals surface area contributed by atoms with Gasteiger partial charge in [-0.3, -0.25) is 0 Å². The number of halogens is 9. The van der Waals surface area contributed by atoms with Crippen LogP contribution in [0.4, 0.5) is 44.3 Å². The van der Waals surface area contributed by atoms with Gasteiger partial charge in [0.1, 0.15) is 22.2 Å². The predicted octanol–water partition coefficient (Wildman–Crippen LogP) is 6.98. The van der Waals surface area contributed by atoms with E-state index in [0.717, 1.165) is 47.4 Å². The van der Waals surface area contributed by atoms with Gasteiger partial charge < -0.3 is 14.5 Å². The molecule has 2 saturated heterocycles. The van der Waals surface area contributed by atoms with Gasteiger partial charge in [0.25, 0.3) is 5.60 Å². The van der Waals surface area contributed by atoms with Gasteiger partial charge in [-0.15, -0.1) is 0 Å². The Kier molecular flexibility index (Phi) is 9.45. The maximum Gasteiger partial charge on any atom is 0.430 e. The Morgan fingerprint density at radius 2 is 1.47 bits per heavy atom. The Morgan fingerprint density at radius 1 is 0.878 bits per heavy atom. The Morgan fingerprint density at radius 3 is 2.00 bits per heavy atom. The number of carbonyl (C=O) groups is 1. The van der Waals surface area contributed by atoms with E-state index in [1.807, 2.05) is 6.07 Å². The Bertz CT molecular complexity index is 1830. The highest BCUT2D eigenvalue weighted by molar-refractivity contribution is 7.92. The summed E-state index contributed by atoms with van der Waals surface area (Å²) in [5.41, 5.74) is -8.14. The van der Waals surface area contributed by atoms with Crippen LogP contribution in [-0.4, -0.2) is 62.8 Å². The van der Waals surface area contributed by atoms with Crippen LogP contribution >= 0.6 is 0 Å². The predicted molar refractivity (Wildman–Crippen MR) is 154 cm³/mol. The second-order valence-electron chi connectivity index (χ2n) is 11.7. The van der Waals surface area contributed by atoms with Crippen molar-refractivity contribution in [3.05, 3.63) is 101 Å². The van der Waals surface area contributed by atoms with E-state index in [1.54, 1.807) is 0 Å². The zero-order valence-corrected chi connectivity index (χ0v) is 26.0. The number of carbonyl (C=O) groups excluding carboxylic acids is 1. The molecule has 2 fully saturated rings. The summed E-state index contributed by atoms with van der Waals surface area (Å²) in [6, 6.07) is 9.30. The number of hydrogen-bond donors (Lipinski definition) is 0. The topological polar surface area (TPSA) is 90.7 Å². The number of likely N-dealkylation sites (tertiary alicyclic amines) is 2. The van der Waals surface area contributed by atoms with Crippen LogP contribution in [0, 0.1) is 34.7 Å². The molecule has 2 atom stereocenters. The third kappa shape index (κ3) is 6.20. The molecule has 262 valence electrons. The fourth-order valence-corrected chi connectivity index (χ4v) is 8.31.